The number of allylic oxidation sites excluding steroid dienone is 4. The van der Waals surface area contributed by atoms with Crippen molar-refractivity contribution in [2.24, 2.45) is 0 Å². The quantitative estimate of drug-likeness (QED) is 0.347. The Bertz CT molecular complexity index is 142. The second kappa shape index (κ2) is 12.5. The molecule has 0 aliphatic carbocycles. The molecule has 0 radical (unpaired) electrons. The minimum Gasteiger partial charge on any atom is -0.0882 e. The zero-order valence-corrected chi connectivity index (χ0v) is 9.97. The molecule has 0 rings (SSSR count). The van der Waals surface area contributed by atoms with E-state index in [1.165, 1.54) is 44.9 Å². The second-order valence-electron chi connectivity index (χ2n) is 3.82. The van der Waals surface area contributed by atoms with Crippen molar-refractivity contribution >= 4 is 0 Å². The van der Waals surface area contributed by atoms with Gasteiger partial charge in [0.1, 0.15) is 0 Å². The van der Waals surface area contributed by atoms with Gasteiger partial charge in [-0.2, -0.15) is 0 Å². The minimum atomic E-state index is 1.12. The number of unbranched alkanes of at least 4 members (excludes halogenated alkanes) is 5. The van der Waals surface area contributed by atoms with Crippen LogP contribution in [0.15, 0.2) is 24.3 Å². The smallest absolute Gasteiger partial charge is 0.0169 e. The van der Waals surface area contributed by atoms with E-state index in [9.17, 15) is 0 Å². The summed E-state index contributed by atoms with van der Waals surface area (Å²) in [5.74, 6) is 0. The monoisotopic (exact) mass is 194 g/mol. The Labute approximate surface area is 90.1 Å². The van der Waals surface area contributed by atoms with Crippen LogP contribution in [0, 0.1) is 0 Å². The molecule has 0 atom stereocenters. The standard InChI is InChI=1S/C14H26/c1-3-5-7-9-11-13-14-12-10-8-6-4-2/h7,9,13-14H,3-6,8,10-12H2,1-2H3/b9-7-,14-13+. The largest absolute Gasteiger partial charge is 0.0882 e. The highest BCUT2D eigenvalue weighted by Gasteiger charge is 1.83. The van der Waals surface area contributed by atoms with E-state index >= 15 is 0 Å². The molecule has 0 fully saturated rings. The molecule has 14 heavy (non-hydrogen) atoms. The first-order chi connectivity index (χ1) is 6.91. The van der Waals surface area contributed by atoms with Crippen molar-refractivity contribution in [2.75, 3.05) is 0 Å². The third kappa shape index (κ3) is 11.5. The molecule has 0 saturated carbocycles. The van der Waals surface area contributed by atoms with Crippen LogP contribution in [-0.2, 0) is 0 Å². The maximum Gasteiger partial charge on any atom is -0.0169 e. The lowest BCUT2D eigenvalue weighted by molar-refractivity contribution is 0.674. The zero-order valence-electron chi connectivity index (χ0n) is 9.97. The van der Waals surface area contributed by atoms with Crippen molar-refractivity contribution in [1.82, 2.24) is 0 Å². The van der Waals surface area contributed by atoms with Crippen LogP contribution in [-0.4, -0.2) is 0 Å². The molecule has 0 aromatic rings. The van der Waals surface area contributed by atoms with Crippen LogP contribution in [0.5, 0.6) is 0 Å². The van der Waals surface area contributed by atoms with Gasteiger partial charge in [0.25, 0.3) is 0 Å². The first-order valence-electron chi connectivity index (χ1n) is 6.21. The van der Waals surface area contributed by atoms with Crippen molar-refractivity contribution < 1.29 is 0 Å². The van der Waals surface area contributed by atoms with E-state index in [1.807, 2.05) is 0 Å². The molecule has 0 heteroatoms. The molecular weight excluding hydrogens is 168 g/mol. The van der Waals surface area contributed by atoms with E-state index in [2.05, 4.69) is 38.2 Å². The summed E-state index contributed by atoms with van der Waals surface area (Å²) in [5.41, 5.74) is 0. The van der Waals surface area contributed by atoms with E-state index in [0.29, 0.717) is 0 Å². The van der Waals surface area contributed by atoms with Crippen LogP contribution in [0.4, 0.5) is 0 Å². The number of hydrogen-bond acceptors (Lipinski definition) is 0. The van der Waals surface area contributed by atoms with Gasteiger partial charge in [-0.25, -0.2) is 0 Å². The molecule has 0 heterocycles. The van der Waals surface area contributed by atoms with Gasteiger partial charge in [-0.1, -0.05) is 63.8 Å². The summed E-state index contributed by atoms with van der Waals surface area (Å²) in [6.45, 7) is 4.47. The average molecular weight is 194 g/mol. The maximum absolute atomic E-state index is 2.33. The van der Waals surface area contributed by atoms with Gasteiger partial charge < -0.3 is 0 Å². The van der Waals surface area contributed by atoms with Crippen LogP contribution < -0.4 is 0 Å². The summed E-state index contributed by atoms with van der Waals surface area (Å²) < 4.78 is 0. The minimum absolute atomic E-state index is 1.12. The van der Waals surface area contributed by atoms with E-state index < -0.39 is 0 Å². The Kier molecular flexibility index (Phi) is 12.0. The molecule has 0 spiro atoms. The highest BCUT2D eigenvalue weighted by molar-refractivity contribution is 4.92. The lowest BCUT2D eigenvalue weighted by Gasteiger charge is -1.93. The fourth-order valence-electron chi connectivity index (χ4n) is 1.36. The number of hydrogen-bond donors (Lipinski definition) is 0. The normalized spacial score (nSPS) is 11.9. The van der Waals surface area contributed by atoms with Crippen LogP contribution in [0.3, 0.4) is 0 Å². The SMILES string of the molecule is CCC/C=C\C/C=C/CCCCCC. The molecule has 0 N–H and O–H groups in total. The predicted octanol–water partition coefficient (Wildman–Crippen LogP) is 5.26. The van der Waals surface area contributed by atoms with Crippen LogP contribution in [0.1, 0.15) is 65.2 Å². The lowest BCUT2D eigenvalue weighted by atomic mass is 10.1. The van der Waals surface area contributed by atoms with Gasteiger partial charge in [0.2, 0.25) is 0 Å². The van der Waals surface area contributed by atoms with Gasteiger partial charge in [-0.05, 0) is 25.7 Å². The van der Waals surface area contributed by atoms with Gasteiger partial charge in [-0.3, -0.25) is 0 Å². The summed E-state index contributed by atoms with van der Waals surface area (Å²) in [6, 6.07) is 0. The molecule has 0 aliphatic rings. The predicted molar refractivity (Wildman–Crippen MR) is 66.6 cm³/mol. The van der Waals surface area contributed by atoms with Gasteiger partial charge in [0.05, 0.1) is 0 Å². The van der Waals surface area contributed by atoms with E-state index in [1.54, 1.807) is 0 Å². The molecule has 0 amide bonds. The maximum atomic E-state index is 2.33. The van der Waals surface area contributed by atoms with Crippen LogP contribution >= 0.6 is 0 Å². The molecule has 0 aliphatic heterocycles. The van der Waals surface area contributed by atoms with Crippen molar-refractivity contribution in [3.05, 3.63) is 24.3 Å². The highest BCUT2D eigenvalue weighted by Crippen LogP contribution is 2.03. The van der Waals surface area contributed by atoms with Crippen molar-refractivity contribution in [1.29, 1.82) is 0 Å². The first kappa shape index (κ1) is 13.5. The Morgan fingerprint density at radius 3 is 2.00 bits per heavy atom. The third-order valence-electron chi connectivity index (χ3n) is 2.29. The Morgan fingerprint density at radius 1 is 0.643 bits per heavy atom. The van der Waals surface area contributed by atoms with Gasteiger partial charge in [0.15, 0.2) is 0 Å². The summed E-state index contributed by atoms with van der Waals surface area (Å²) >= 11 is 0. The first-order valence-corrected chi connectivity index (χ1v) is 6.21. The summed E-state index contributed by atoms with van der Waals surface area (Å²) in [4.78, 5) is 0. The molecule has 0 nitrogen and oxygen atoms in total. The topological polar surface area (TPSA) is 0 Å². The summed E-state index contributed by atoms with van der Waals surface area (Å²) in [7, 11) is 0. The molecule has 0 saturated heterocycles. The second-order valence-corrected chi connectivity index (χ2v) is 3.82. The molecule has 0 unspecified atom stereocenters. The Hall–Kier alpha value is -0.520. The molecule has 0 bridgehead atoms. The fourth-order valence-corrected chi connectivity index (χ4v) is 1.36. The number of rotatable bonds is 9. The molecular formula is C14H26. The van der Waals surface area contributed by atoms with Crippen LogP contribution in [0.25, 0.3) is 0 Å². The zero-order chi connectivity index (χ0) is 10.5. The molecule has 0 aromatic heterocycles. The van der Waals surface area contributed by atoms with Crippen molar-refractivity contribution in [3.8, 4) is 0 Å². The third-order valence-corrected chi connectivity index (χ3v) is 2.29. The van der Waals surface area contributed by atoms with Gasteiger partial charge >= 0.3 is 0 Å². The Balaban J connectivity index is 3.11. The Morgan fingerprint density at radius 2 is 1.36 bits per heavy atom. The van der Waals surface area contributed by atoms with Gasteiger partial charge in [-0.15, -0.1) is 0 Å². The van der Waals surface area contributed by atoms with E-state index in [4.69, 9.17) is 0 Å². The van der Waals surface area contributed by atoms with Crippen molar-refractivity contribution in [3.63, 3.8) is 0 Å². The molecule has 0 aromatic carbocycles. The summed E-state index contributed by atoms with van der Waals surface area (Å²) in [6.07, 6.45) is 19.5. The van der Waals surface area contributed by atoms with E-state index in [-0.39, 0.29) is 0 Å². The lowest BCUT2D eigenvalue weighted by Crippen LogP contribution is -1.73. The van der Waals surface area contributed by atoms with Crippen LogP contribution in [0.2, 0.25) is 0 Å². The van der Waals surface area contributed by atoms with Crippen molar-refractivity contribution in [2.45, 2.75) is 65.2 Å². The fraction of sp³-hybridized carbons (Fsp3) is 0.714. The summed E-state index contributed by atoms with van der Waals surface area (Å²) in [5, 5.41) is 0. The molecule has 82 valence electrons. The average Bonchev–Trinajstić information content (AvgIpc) is 2.21. The highest BCUT2D eigenvalue weighted by atomic mass is 13.9. The van der Waals surface area contributed by atoms with Gasteiger partial charge in [0, 0.05) is 0 Å². The van der Waals surface area contributed by atoms with E-state index in [0.717, 1.165) is 6.42 Å².